The average molecular weight is 386 g/mol. The second-order valence-electron chi connectivity index (χ2n) is 6.35. The molecule has 3 heterocycles. The maximum Gasteiger partial charge on any atom is 0.409 e. The summed E-state index contributed by atoms with van der Waals surface area (Å²) in [6.07, 6.45) is 1.36. The van der Waals surface area contributed by atoms with Crippen molar-refractivity contribution >= 4 is 17.9 Å². The Labute approximate surface area is 162 Å². The fraction of sp³-hybridized carbons (Fsp3) is 0.444. The van der Waals surface area contributed by atoms with Crippen LogP contribution in [0, 0.1) is 0 Å². The van der Waals surface area contributed by atoms with Crippen LogP contribution in [-0.2, 0) is 11.3 Å². The third kappa shape index (κ3) is 4.00. The number of hydrogen-bond acceptors (Lipinski definition) is 9. The molecule has 0 saturated carbocycles. The minimum atomic E-state index is -0.269. The van der Waals surface area contributed by atoms with Crippen molar-refractivity contribution in [1.29, 1.82) is 0 Å². The minimum absolute atomic E-state index is 0.255. The molecule has 0 radical (unpaired) electrons. The molecule has 1 fully saturated rings. The van der Waals surface area contributed by atoms with Crippen molar-refractivity contribution in [2.75, 3.05) is 49.8 Å². The lowest BCUT2D eigenvalue weighted by Gasteiger charge is -2.34. The summed E-state index contributed by atoms with van der Waals surface area (Å²) in [4.78, 5) is 20.1. The number of benzene rings is 1. The van der Waals surface area contributed by atoms with Gasteiger partial charge in [0.1, 0.15) is 0 Å². The Bertz CT molecular complexity index is 841. The standard InChI is InChI=1S/C18H22N6O4/c1-2-26-18(25)24-7-5-23(6-8-24)16-11-20-22-17(21-16)19-10-13-3-4-14-15(9-13)28-12-27-14/h3-4,9,11H,2,5-8,10,12H2,1H3,(H,19,21,22). The lowest BCUT2D eigenvalue weighted by Crippen LogP contribution is -2.49. The molecule has 28 heavy (non-hydrogen) atoms. The van der Waals surface area contributed by atoms with E-state index in [1.54, 1.807) is 18.0 Å². The van der Waals surface area contributed by atoms with Crippen LogP contribution in [0.5, 0.6) is 11.5 Å². The van der Waals surface area contributed by atoms with E-state index in [2.05, 4.69) is 25.4 Å². The van der Waals surface area contributed by atoms with Crippen molar-refractivity contribution in [3.63, 3.8) is 0 Å². The van der Waals surface area contributed by atoms with Crippen LogP contribution in [0.25, 0.3) is 0 Å². The maximum atomic E-state index is 11.8. The van der Waals surface area contributed by atoms with E-state index in [0.29, 0.717) is 45.3 Å². The average Bonchev–Trinajstić information content (AvgIpc) is 3.21. The first kappa shape index (κ1) is 18.1. The molecule has 1 saturated heterocycles. The summed E-state index contributed by atoms with van der Waals surface area (Å²) in [5.41, 5.74) is 1.03. The Hall–Kier alpha value is -3.30. The molecule has 1 aromatic heterocycles. The number of fused-ring (bicyclic) bond motifs is 1. The van der Waals surface area contributed by atoms with Crippen LogP contribution in [0.3, 0.4) is 0 Å². The van der Waals surface area contributed by atoms with Crippen molar-refractivity contribution in [2.45, 2.75) is 13.5 Å². The fourth-order valence-corrected chi connectivity index (χ4v) is 3.09. The van der Waals surface area contributed by atoms with E-state index in [1.807, 2.05) is 18.2 Å². The molecule has 0 unspecified atom stereocenters. The van der Waals surface area contributed by atoms with Crippen molar-refractivity contribution in [1.82, 2.24) is 20.1 Å². The van der Waals surface area contributed by atoms with E-state index in [-0.39, 0.29) is 12.9 Å². The highest BCUT2D eigenvalue weighted by atomic mass is 16.7. The minimum Gasteiger partial charge on any atom is -0.454 e. The molecular formula is C18H22N6O4. The molecule has 2 aliphatic heterocycles. The number of nitrogens with one attached hydrogen (secondary N) is 1. The van der Waals surface area contributed by atoms with Crippen LogP contribution >= 0.6 is 0 Å². The van der Waals surface area contributed by atoms with E-state index in [0.717, 1.165) is 22.9 Å². The fourth-order valence-electron chi connectivity index (χ4n) is 3.09. The molecular weight excluding hydrogens is 364 g/mol. The lowest BCUT2D eigenvalue weighted by atomic mass is 10.2. The number of aromatic nitrogens is 3. The molecule has 148 valence electrons. The number of anilines is 2. The summed E-state index contributed by atoms with van der Waals surface area (Å²) in [6.45, 7) is 5.49. The van der Waals surface area contributed by atoms with Gasteiger partial charge in [-0.2, -0.15) is 10.1 Å². The normalized spacial score (nSPS) is 15.5. The Kier molecular flexibility index (Phi) is 5.27. The SMILES string of the molecule is CCOC(=O)N1CCN(c2cnnc(NCc3ccc4c(c3)OCO4)n2)CC1. The van der Waals surface area contributed by atoms with Crippen molar-refractivity contribution in [2.24, 2.45) is 0 Å². The molecule has 1 aromatic carbocycles. The molecule has 10 nitrogen and oxygen atoms in total. The summed E-state index contributed by atoms with van der Waals surface area (Å²) in [5.74, 6) is 2.67. The van der Waals surface area contributed by atoms with Gasteiger partial charge in [0, 0.05) is 32.7 Å². The zero-order valence-electron chi connectivity index (χ0n) is 15.6. The number of hydrogen-bond donors (Lipinski definition) is 1. The van der Waals surface area contributed by atoms with Gasteiger partial charge in [0.15, 0.2) is 17.3 Å². The van der Waals surface area contributed by atoms with Crippen LogP contribution in [0.1, 0.15) is 12.5 Å². The van der Waals surface area contributed by atoms with Gasteiger partial charge in [0.05, 0.1) is 12.8 Å². The highest BCUT2D eigenvalue weighted by Gasteiger charge is 2.23. The molecule has 4 rings (SSSR count). The molecule has 10 heteroatoms. The summed E-state index contributed by atoms with van der Waals surface area (Å²) in [7, 11) is 0. The molecule has 0 spiro atoms. The molecule has 1 amide bonds. The number of piperazine rings is 1. The van der Waals surface area contributed by atoms with Crippen molar-refractivity contribution < 1.29 is 19.0 Å². The topological polar surface area (TPSA) is 102 Å². The van der Waals surface area contributed by atoms with Gasteiger partial charge in [-0.15, -0.1) is 5.10 Å². The van der Waals surface area contributed by atoms with E-state index in [4.69, 9.17) is 14.2 Å². The predicted molar refractivity (Wildman–Crippen MR) is 101 cm³/mol. The van der Waals surface area contributed by atoms with Gasteiger partial charge in [0.2, 0.25) is 12.7 Å². The Morgan fingerprint density at radius 2 is 2.04 bits per heavy atom. The van der Waals surface area contributed by atoms with Gasteiger partial charge < -0.3 is 29.3 Å². The van der Waals surface area contributed by atoms with Gasteiger partial charge in [-0.3, -0.25) is 0 Å². The van der Waals surface area contributed by atoms with Gasteiger partial charge in [0.25, 0.3) is 0 Å². The predicted octanol–water partition coefficient (Wildman–Crippen LogP) is 1.49. The van der Waals surface area contributed by atoms with Crippen LogP contribution in [0.2, 0.25) is 0 Å². The summed E-state index contributed by atoms with van der Waals surface area (Å²) < 4.78 is 15.8. The first-order valence-electron chi connectivity index (χ1n) is 9.21. The number of nitrogens with zero attached hydrogens (tertiary/aromatic N) is 5. The third-order valence-corrected chi connectivity index (χ3v) is 4.56. The summed E-state index contributed by atoms with van der Waals surface area (Å²) in [6, 6.07) is 5.78. The second-order valence-corrected chi connectivity index (χ2v) is 6.35. The van der Waals surface area contributed by atoms with Gasteiger partial charge >= 0.3 is 6.09 Å². The number of carbonyl (C=O) groups excluding carboxylic acids is 1. The number of amides is 1. The van der Waals surface area contributed by atoms with E-state index in [9.17, 15) is 4.79 Å². The van der Waals surface area contributed by atoms with E-state index < -0.39 is 0 Å². The molecule has 0 bridgehead atoms. The molecule has 1 N–H and O–H groups in total. The molecule has 2 aromatic rings. The summed E-state index contributed by atoms with van der Waals surface area (Å²) in [5, 5.41) is 11.3. The molecule has 0 aliphatic carbocycles. The van der Waals surface area contributed by atoms with Gasteiger partial charge in [-0.1, -0.05) is 6.07 Å². The smallest absolute Gasteiger partial charge is 0.409 e. The first-order chi connectivity index (χ1) is 13.7. The summed E-state index contributed by atoms with van der Waals surface area (Å²) >= 11 is 0. The van der Waals surface area contributed by atoms with Crippen molar-refractivity contribution in [3.05, 3.63) is 30.0 Å². The lowest BCUT2D eigenvalue weighted by molar-refractivity contribution is 0.105. The maximum absolute atomic E-state index is 11.8. The molecule has 2 aliphatic rings. The zero-order valence-corrected chi connectivity index (χ0v) is 15.6. The van der Waals surface area contributed by atoms with Crippen LogP contribution < -0.4 is 19.7 Å². The highest BCUT2D eigenvalue weighted by molar-refractivity contribution is 5.68. The van der Waals surface area contributed by atoms with Crippen molar-refractivity contribution in [3.8, 4) is 11.5 Å². The number of rotatable bonds is 5. The van der Waals surface area contributed by atoms with Gasteiger partial charge in [-0.05, 0) is 24.6 Å². The third-order valence-electron chi connectivity index (χ3n) is 4.56. The largest absolute Gasteiger partial charge is 0.454 e. The Balaban J connectivity index is 1.34. The number of ether oxygens (including phenoxy) is 3. The monoisotopic (exact) mass is 386 g/mol. The first-order valence-corrected chi connectivity index (χ1v) is 9.21. The van der Waals surface area contributed by atoms with Crippen LogP contribution in [-0.4, -0.2) is 65.8 Å². The van der Waals surface area contributed by atoms with Gasteiger partial charge in [-0.25, -0.2) is 4.79 Å². The van der Waals surface area contributed by atoms with Crippen LogP contribution in [0.15, 0.2) is 24.4 Å². The second kappa shape index (κ2) is 8.15. The number of carbonyl (C=O) groups is 1. The van der Waals surface area contributed by atoms with Crippen LogP contribution in [0.4, 0.5) is 16.6 Å². The zero-order chi connectivity index (χ0) is 19.3. The Morgan fingerprint density at radius 1 is 1.21 bits per heavy atom. The Morgan fingerprint density at radius 3 is 2.86 bits per heavy atom. The molecule has 0 atom stereocenters. The van der Waals surface area contributed by atoms with E-state index >= 15 is 0 Å². The highest BCUT2D eigenvalue weighted by Crippen LogP contribution is 2.32. The quantitative estimate of drug-likeness (QED) is 0.819. The van der Waals surface area contributed by atoms with E-state index in [1.165, 1.54) is 0 Å².